The molecule has 114 valence electrons. The zero-order valence-corrected chi connectivity index (χ0v) is 12.9. The Hall–Kier alpha value is -1.71. The summed E-state index contributed by atoms with van der Waals surface area (Å²) in [5, 5.41) is 3.08. The van der Waals surface area contributed by atoms with Gasteiger partial charge in [-0.05, 0) is 30.0 Å². The highest BCUT2D eigenvalue weighted by atomic mass is 16.6. The van der Waals surface area contributed by atoms with Crippen LogP contribution in [0.25, 0.3) is 0 Å². The van der Waals surface area contributed by atoms with Gasteiger partial charge in [0.2, 0.25) is 5.91 Å². The molecule has 4 nitrogen and oxygen atoms in total. The Morgan fingerprint density at radius 2 is 1.95 bits per heavy atom. The summed E-state index contributed by atoms with van der Waals surface area (Å²) in [6, 6.07) is 6.04. The molecule has 1 aromatic carbocycles. The second kappa shape index (κ2) is 5.24. The highest BCUT2D eigenvalue weighted by molar-refractivity contribution is 5.81. The van der Waals surface area contributed by atoms with Crippen molar-refractivity contribution in [2.45, 2.75) is 32.6 Å². The van der Waals surface area contributed by atoms with Gasteiger partial charge in [0.15, 0.2) is 11.5 Å². The summed E-state index contributed by atoms with van der Waals surface area (Å²) in [6.07, 6.45) is 1.02. The molecule has 1 aromatic rings. The minimum atomic E-state index is -0.135. The van der Waals surface area contributed by atoms with Crippen LogP contribution in [0.1, 0.15) is 32.8 Å². The number of fused-ring (bicyclic) bond motifs is 1. The van der Waals surface area contributed by atoms with Crippen LogP contribution in [0.15, 0.2) is 18.2 Å². The molecule has 1 amide bonds. The van der Waals surface area contributed by atoms with Crippen LogP contribution >= 0.6 is 0 Å². The molecule has 0 spiro atoms. The van der Waals surface area contributed by atoms with Crippen molar-refractivity contribution >= 4 is 5.91 Å². The summed E-state index contributed by atoms with van der Waals surface area (Å²) in [5.74, 6) is 2.56. The lowest BCUT2D eigenvalue weighted by molar-refractivity contribution is -0.122. The summed E-state index contributed by atoms with van der Waals surface area (Å²) >= 11 is 0. The molecule has 1 saturated carbocycles. The quantitative estimate of drug-likeness (QED) is 0.926. The monoisotopic (exact) mass is 289 g/mol. The van der Waals surface area contributed by atoms with Gasteiger partial charge in [0.25, 0.3) is 0 Å². The maximum Gasteiger partial charge on any atom is 0.223 e. The van der Waals surface area contributed by atoms with Gasteiger partial charge in [-0.15, -0.1) is 0 Å². The lowest BCUT2D eigenvalue weighted by atomic mass is 9.84. The normalized spacial score (nSPS) is 23.6. The molecule has 1 aliphatic carbocycles. The van der Waals surface area contributed by atoms with E-state index in [0.29, 0.717) is 25.7 Å². The zero-order valence-electron chi connectivity index (χ0n) is 12.9. The molecule has 4 heteroatoms. The summed E-state index contributed by atoms with van der Waals surface area (Å²) in [7, 11) is 0. The van der Waals surface area contributed by atoms with E-state index in [0.717, 1.165) is 23.5 Å². The summed E-state index contributed by atoms with van der Waals surface area (Å²) < 4.78 is 11.2. The van der Waals surface area contributed by atoms with Gasteiger partial charge in [-0.2, -0.15) is 0 Å². The Balaban J connectivity index is 1.67. The standard InChI is InChI=1S/C17H23NO3/c1-11-8-13(11)16(19)18-10-17(2,3)12-4-5-14-15(9-12)21-7-6-20-14/h4-5,9,11,13H,6-8,10H2,1-3H3,(H,18,19)/t11-,13+/m0/s1. The maximum absolute atomic E-state index is 12.0. The van der Waals surface area contributed by atoms with Crippen LogP contribution in [-0.4, -0.2) is 25.7 Å². The van der Waals surface area contributed by atoms with E-state index in [1.54, 1.807) is 0 Å². The van der Waals surface area contributed by atoms with Crippen LogP contribution in [0, 0.1) is 11.8 Å². The van der Waals surface area contributed by atoms with E-state index in [2.05, 4.69) is 32.2 Å². The fourth-order valence-electron chi connectivity index (χ4n) is 2.69. The van der Waals surface area contributed by atoms with Crippen molar-refractivity contribution in [1.29, 1.82) is 0 Å². The fourth-order valence-corrected chi connectivity index (χ4v) is 2.69. The zero-order chi connectivity index (χ0) is 15.0. The number of hydrogen-bond donors (Lipinski definition) is 1. The third kappa shape index (κ3) is 2.99. The Kier molecular flexibility index (Phi) is 3.56. The molecular weight excluding hydrogens is 266 g/mol. The first kappa shape index (κ1) is 14.2. The van der Waals surface area contributed by atoms with E-state index >= 15 is 0 Å². The first-order valence-corrected chi connectivity index (χ1v) is 7.65. The average molecular weight is 289 g/mol. The molecule has 2 aliphatic rings. The molecule has 21 heavy (non-hydrogen) atoms. The van der Waals surface area contributed by atoms with Crippen molar-refractivity contribution in [2.24, 2.45) is 11.8 Å². The van der Waals surface area contributed by atoms with Crippen molar-refractivity contribution in [2.75, 3.05) is 19.8 Å². The highest BCUT2D eigenvalue weighted by Crippen LogP contribution is 2.38. The van der Waals surface area contributed by atoms with Crippen LogP contribution in [0.3, 0.4) is 0 Å². The van der Waals surface area contributed by atoms with E-state index in [9.17, 15) is 4.79 Å². The summed E-state index contributed by atoms with van der Waals surface area (Å²) in [6.45, 7) is 8.22. The van der Waals surface area contributed by atoms with Crippen molar-refractivity contribution in [3.8, 4) is 11.5 Å². The van der Waals surface area contributed by atoms with Crippen molar-refractivity contribution in [3.63, 3.8) is 0 Å². The van der Waals surface area contributed by atoms with Crippen LogP contribution in [0.5, 0.6) is 11.5 Å². The molecule has 0 saturated heterocycles. The Morgan fingerprint density at radius 1 is 1.29 bits per heavy atom. The minimum absolute atomic E-state index is 0.135. The van der Waals surface area contributed by atoms with Gasteiger partial charge in [-0.1, -0.05) is 26.8 Å². The van der Waals surface area contributed by atoms with Crippen LogP contribution in [0.2, 0.25) is 0 Å². The van der Waals surface area contributed by atoms with Gasteiger partial charge >= 0.3 is 0 Å². The molecule has 0 radical (unpaired) electrons. The first-order valence-electron chi connectivity index (χ1n) is 7.65. The van der Waals surface area contributed by atoms with Crippen molar-refractivity contribution < 1.29 is 14.3 Å². The number of nitrogens with one attached hydrogen (secondary N) is 1. The fraction of sp³-hybridized carbons (Fsp3) is 0.588. The number of rotatable bonds is 4. The van der Waals surface area contributed by atoms with Gasteiger partial charge in [-0.3, -0.25) is 4.79 Å². The number of carbonyl (C=O) groups excluding carboxylic acids is 1. The molecular formula is C17H23NO3. The number of hydrogen-bond acceptors (Lipinski definition) is 3. The van der Waals surface area contributed by atoms with E-state index < -0.39 is 0 Å². The van der Waals surface area contributed by atoms with E-state index in [1.807, 2.05) is 12.1 Å². The van der Waals surface area contributed by atoms with Gasteiger partial charge in [0.05, 0.1) is 0 Å². The average Bonchev–Trinajstić information content (AvgIpc) is 3.21. The van der Waals surface area contributed by atoms with E-state index in [-0.39, 0.29) is 17.2 Å². The molecule has 1 aliphatic heterocycles. The second-order valence-electron chi connectivity index (χ2n) is 6.78. The first-order chi connectivity index (χ1) is 9.97. The lowest BCUT2D eigenvalue weighted by Crippen LogP contribution is -2.37. The van der Waals surface area contributed by atoms with Crippen molar-refractivity contribution in [1.82, 2.24) is 5.32 Å². The number of ether oxygens (including phenoxy) is 2. The van der Waals surface area contributed by atoms with E-state index in [4.69, 9.17) is 9.47 Å². The molecule has 3 rings (SSSR count). The molecule has 1 fully saturated rings. The Bertz CT molecular complexity index is 553. The topological polar surface area (TPSA) is 47.6 Å². The second-order valence-corrected chi connectivity index (χ2v) is 6.78. The van der Waals surface area contributed by atoms with Gasteiger partial charge in [-0.25, -0.2) is 0 Å². The van der Waals surface area contributed by atoms with Crippen LogP contribution in [0.4, 0.5) is 0 Å². The summed E-state index contributed by atoms with van der Waals surface area (Å²) in [5.41, 5.74) is 1.01. The third-order valence-electron chi connectivity index (χ3n) is 4.47. The number of carbonyl (C=O) groups is 1. The minimum Gasteiger partial charge on any atom is -0.486 e. The van der Waals surface area contributed by atoms with Gasteiger partial charge in [0.1, 0.15) is 13.2 Å². The SMILES string of the molecule is C[C@H]1C[C@H]1C(=O)NCC(C)(C)c1ccc2c(c1)OCCO2. The molecule has 1 N–H and O–H groups in total. The largest absolute Gasteiger partial charge is 0.486 e. The number of benzene rings is 1. The molecule has 1 heterocycles. The molecule has 0 aromatic heterocycles. The van der Waals surface area contributed by atoms with Crippen LogP contribution < -0.4 is 14.8 Å². The van der Waals surface area contributed by atoms with Crippen LogP contribution in [-0.2, 0) is 10.2 Å². The van der Waals surface area contributed by atoms with Gasteiger partial charge < -0.3 is 14.8 Å². The van der Waals surface area contributed by atoms with E-state index in [1.165, 1.54) is 0 Å². The van der Waals surface area contributed by atoms with Crippen molar-refractivity contribution in [3.05, 3.63) is 23.8 Å². The Morgan fingerprint density at radius 3 is 2.62 bits per heavy atom. The summed E-state index contributed by atoms with van der Waals surface area (Å²) in [4.78, 5) is 12.0. The lowest BCUT2D eigenvalue weighted by Gasteiger charge is -2.28. The molecule has 0 unspecified atom stereocenters. The maximum atomic E-state index is 12.0. The van der Waals surface area contributed by atoms with Gasteiger partial charge in [0, 0.05) is 17.9 Å². The Labute approximate surface area is 125 Å². The molecule has 0 bridgehead atoms. The smallest absolute Gasteiger partial charge is 0.223 e. The predicted octanol–water partition coefficient (Wildman–Crippen LogP) is 2.51. The number of amides is 1. The third-order valence-corrected chi connectivity index (χ3v) is 4.47. The predicted molar refractivity (Wildman–Crippen MR) is 80.7 cm³/mol. The molecule has 2 atom stereocenters. The highest BCUT2D eigenvalue weighted by Gasteiger charge is 2.39.